The molecule has 0 aliphatic rings. The lowest BCUT2D eigenvalue weighted by molar-refractivity contribution is 0.582. The number of benzene rings is 2. The van der Waals surface area contributed by atoms with Gasteiger partial charge in [-0.1, -0.05) is 30.3 Å². The fourth-order valence-electron chi connectivity index (χ4n) is 2.69. The second-order valence-electron chi connectivity index (χ2n) is 5.90. The molecule has 0 spiro atoms. The number of aryl methyl sites for hydroxylation is 2. The van der Waals surface area contributed by atoms with E-state index in [0.717, 1.165) is 27.6 Å². The predicted molar refractivity (Wildman–Crippen MR) is 100 cm³/mol. The van der Waals surface area contributed by atoms with Gasteiger partial charge in [0.2, 0.25) is 0 Å². The van der Waals surface area contributed by atoms with Crippen LogP contribution in [0.3, 0.4) is 0 Å². The smallest absolute Gasteiger partial charge is 0.133 e. The minimum absolute atomic E-state index is 0.878. The van der Waals surface area contributed by atoms with Crippen LogP contribution in [0.1, 0.15) is 11.1 Å². The van der Waals surface area contributed by atoms with Crippen molar-refractivity contribution in [2.45, 2.75) is 13.8 Å². The standard InChI is InChI=1S/C21H17NOS/c1-14-8-9-16(11-15(14)2)19-13-24-21(22-19)18-6-3-5-17(12-18)20-7-4-10-23-20/h3-13H,1-2H3. The summed E-state index contributed by atoms with van der Waals surface area (Å²) in [7, 11) is 0. The molecule has 4 aromatic rings. The Labute approximate surface area is 145 Å². The molecule has 0 aliphatic heterocycles. The predicted octanol–water partition coefficient (Wildman–Crippen LogP) is 6.35. The van der Waals surface area contributed by atoms with Gasteiger partial charge in [-0.05, 0) is 49.2 Å². The molecule has 2 aromatic carbocycles. The molecule has 0 bridgehead atoms. The molecular weight excluding hydrogens is 314 g/mol. The van der Waals surface area contributed by atoms with Crippen molar-refractivity contribution in [1.82, 2.24) is 4.98 Å². The Morgan fingerprint density at radius 2 is 1.71 bits per heavy atom. The molecule has 2 aromatic heterocycles. The summed E-state index contributed by atoms with van der Waals surface area (Å²) in [6.45, 7) is 4.27. The van der Waals surface area contributed by atoms with Crippen LogP contribution in [0.5, 0.6) is 0 Å². The zero-order chi connectivity index (χ0) is 16.5. The third kappa shape index (κ3) is 2.79. The van der Waals surface area contributed by atoms with Gasteiger partial charge in [0.1, 0.15) is 10.8 Å². The van der Waals surface area contributed by atoms with Gasteiger partial charge in [0, 0.05) is 22.1 Å². The number of aromatic nitrogens is 1. The molecular formula is C21H17NOS. The van der Waals surface area contributed by atoms with Gasteiger partial charge in [0.05, 0.1) is 12.0 Å². The Morgan fingerprint density at radius 3 is 2.50 bits per heavy atom. The minimum Gasteiger partial charge on any atom is -0.464 e. The van der Waals surface area contributed by atoms with Gasteiger partial charge >= 0.3 is 0 Å². The van der Waals surface area contributed by atoms with Gasteiger partial charge in [-0.3, -0.25) is 0 Å². The average Bonchev–Trinajstić information content (AvgIpc) is 3.29. The van der Waals surface area contributed by atoms with E-state index in [0.29, 0.717) is 0 Å². The summed E-state index contributed by atoms with van der Waals surface area (Å²) in [5.41, 5.74) is 6.98. The maximum atomic E-state index is 5.49. The second-order valence-corrected chi connectivity index (χ2v) is 6.75. The van der Waals surface area contributed by atoms with Crippen LogP contribution in [0.4, 0.5) is 0 Å². The van der Waals surface area contributed by atoms with Crippen LogP contribution in [0, 0.1) is 13.8 Å². The molecule has 0 radical (unpaired) electrons. The van der Waals surface area contributed by atoms with E-state index in [1.807, 2.05) is 18.2 Å². The summed E-state index contributed by atoms with van der Waals surface area (Å²) in [6.07, 6.45) is 1.70. The average molecular weight is 331 g/mol. The van der Waals surface area contributed by atoms with Crippen molar-refractivity contribution in [3.05, 3.63) is 77.4 Å². The number of hydrogen-bond donors (Lipinski definition) is 0. The Morgan fingerprint density at radius 1 is 0.833 bits per heavy atom. The lowest BCUT2D eigenvalue weighted by Crippen LogP contribution is -1.84. The van der Waals surface area contributed by atoms with Gasteiger partial charge < -0.3 is 4.42 Å². The molecule has 0 unspecified atom stereocenters. The molecule has 3 heteroatoms. The number of rotatable bonds is 3. The molecule has 0 fully saturated rings. The molecule has 4 rings (SSSR count). The van der Waals surface area contributed by atoms with Crippen molar-refractivity contribution in [3.63, 3.8) is 0 Å². The van der Waals surface area contributed by atoms with Crippen LogP contribution >= 0.6 is 11.3 Å². The third-order valence-corrected chi connectivity index (χ3v) is 5.11. The summed E-state index contributed by atoms with van der Waals surface area (Å²) < 4.78 is 5.49. The molecule has 0 saturated heterocycles. The summed E-state index contributed by atoms with van der Waals surface area (Å²) in [5, 5.41) is 3.15. The molecule has 0 atom stereocenters. The molecule has 2 heterocycles. The number of nitrogens with zero attached hydrogens (tertiary/aromatic N) is 1. The monoisotopic (exact) mass is 331 g/mol. The van der Waals surface area contributed by atoms with E-state index >= 15 is 0 Å². The lowest BCUT2D eigenvalue weighted by Gasteiger charge is -2.03. The van der Waals surface area contributed by atoms with Crippen molar-refractivity contribution in [2.24, 2.45) is 0 Å². The zero-order valence-corrected chi connectivity index (χ0v) is 14.4. The van der Waals surface area contributed by atoms with E-state index in [-0.39, 0.29) is 0 Å². The number of furan rings is 1. The third-order valence-electron chi connectivity index (χ3n) is 4.22. The van der Waals surface area contributed by atoms with Crippen LogP contribution < -0.4 is 0 Å². The quantitative estimate of drug-likeness (QED) is 0.437. The first kappa shape index (κ1) is 14.9. The van der Waals surface area contributed by atoms with Crippen molar-refractivity contribution >= 4 is 11.3 Å². The van der Waals surface area contributed by atoms with Gasteiger partial charge in [-0.15, -0.1) is 11.3 Å². The molecule has 0 amide bonds. The summed E-state index contributed by atoms with van der Waals surface area (Å²) in [5.74, 6) is 0.878. The van der Waals surface area contributed by atoms with Crippen molar-refractivity contribution in [3.8, 4) is 33.2 Å². The SMILES string of the molecule is Cc1ccc(-c2csc(-c3cccc(-c4ccco4)c3)n2)cc1C. The largest absolute Gasteiger partial charge is 0.464 e. The van der Waals surface area contributed by atoms with Crippen molar-refractivity contribution < 1.29 is 4.42 Å². The Kier molecular flexibility index (Phi) is 3.79. The van der Waals surface area contributed by atoms with Gasteiger partial charge in [-0.2, -0.15) is 0 Å². The van der Waals surface area contributed by atoms with E-state index < -0.39 is 0 Å². The maximum Gasteiger partial charge on any atom is 0.133 e. The summed E-state index contributed by atoms with van der Waals surface area (Å²) in [4.78, 5) is 4.83. The van der Waals surface area contributed by atoms with E-state index in [9.17, 15) is 0 Å². The number of hydrogen-bond acceptors (Lipinski definition) is 3. The van der Waals surface area contributed by atoms with E-state index in [1.165, 1.54) is 16.7 Å². The highest BCUT2D eigenvalue weighted by Gasteiger charge is 2.09. The summed E-state index contributed by atoms with van der Waals surface area (Å²) in [6, 6.07) is 18.7. The van der Waals surface area contributed by atoms with Crippen LogP contribution in [-0.4, -0.2) is 4.98 Å². The Hall–Kier alpha value is -2.65. The topological polar surface area (TPSA) is 26.0 Å². The highest BCUT2D eigenvalue weighted by molar-refractivity contribution is 7.13. The summed E-state index contributed by atoms with van der Waals surface area (Å²) >= 11 is 1.67. The van der Waals surface area contributed by atoms with Gasteiger partial charge in [0.15, 0.2) is 0 Å². The zero-order valence-electron chi connectivity index (χ0n) is 13.6. The molecule has 118 valence electrons. The van der Waals surface area contributed by atoms with Crippen molar-refractivity contribution in [2.75, 3.05) is 0 Å². The first-order valence-electron chi connectivity index (χ1n) is 7.88. The Balaban J connectivity index is 1.70. The first-order valence-corrected chi connectivity index (χ1v) is 8.76. The van der Waals surface area contributed by atoms with Crippen LogP contribution in [0.25, 0.3) is 33.2 Å². The Bertz CT molecular complexity index is 983. The lowest BCUT2D eigenvalue weighted by atomic mass is 10.0. The van der Waals surface area contributed by atoms with Gasteiger partial charge in [-0.25, -0.2) is 4.98 Å². The highest BCUT2D eigenvalue weighted by Crippen LogP contribution is 2.32. The molecule has 0 saturated carbocycles. The molecule has 0 aliphatic carbocycles. The first-order chi connectivity index (χ1) is 11.7. The highest BCUT2D eigenvalue weighted by atomic mass is 32.1. The second kappa shape index (κ2) is 6.10. The molecule has 24 heavy (non-hydrogen) atoms. The van der Waals surface area contributed by atoms with E-state index in [2.05, 4.69) is 55.6 Å². The number of thiazole rings is 1. The molecule has 0 N–H and O–H groups in total. The fraction of sp³-hybridized carbons (Fsp3) is 0.0952. The maximum absolute atomic E-state index is 5.49. The van der Waals surface area contributed by atoms with Crippen molar-refractivity contribution in [1.29, 1.82) is 0 Å². The van der Waals surface area contributed by atoms with Crippen LogP contribution in [-0.2, 0) is 0 Å². The van der Waals surface area contributed by atoms with E-state index in [4.69, 9.17) is 9.40 Å². The normalized spacial score (nSPS) is 10.9. The molecule has 2 nitrogen and oxygen atoms in total. The van der Waals surface area contributed by atoms with E-state index in [1.54, 1.807) is 17.6 Å². The van der Waals surface area contributed by atoms with Gasteiger partial charge in [0.25, 0.3) is 0 Å². The minimum atomic E-state index is 0.878. The fourth-order valence-corrected chi connectivity index (χ4v) is 3.51. The van der Waals surface area contributed by atoms with Crippen LogP contribution in [0.15, 0.2) is 70.7 Å². The van der Waals surface area contributed by atoms with Crippen LogP contribution in [0.2, 0.25) is 0 Å².